The van der Waals surface area contributed by atoms with Gasteiger partial charge < -0.3 is 9.21 Å². The summed E-state index contributed by atoms with van der Waals surface area (Å²) in [6, 6.07) is 0. The molecule has 0 bridgehead atoms. The van der Waals surface area contributed by atoms with Gasteiger partial charge in [-0.1, -0.05) is 39.9 Å². The van der Waals surface area contributed by atoms with Crippen molar-refractivity contribution in [2.45, 2.75) is 45.2 Å². The van der Waals surface area contributed by atoms with Crippen molar-refractivity contribution in [1.29, 1.82) is 0 Å². The van der Waals surface area contributed by atoms with Gasteiger partial charge in [-0.3, -0.25) is 0 Å². The first-order chi connectivity index (χ1) is 6.79. The van der Waals surface area contributed by atoms with Crippen molar-refractivity contribution in [2.75, 3.05) is 13.7 Å². The van der Waals surface area contributed by atoms with Gasteiger partial charge >= 0.3 is 0 Å². The van der Waals surface area contributed by atoms with E-state index in [9.17, 15) is 0 Å². The van der Waals surface area contributed by atoms with E-state index in [1.54, 1.807) is 7.11 Å². The van der Waals surface area contributed by atoms with Crippen molar-refractivity contribution in [3.63, 3.8) is 0 Å². The SMILES string of the molecule is COC1=CC[B]N([Si](C)(C)C(C)(C)C)C1. The van der Waals surface area contributed by atoms with Crippen LogP contribution < -0.4 is 0 Å². The lowest BCUT2D eigenvalue weighted by atomic mass is 9.86. The highest BCUT2D eigenvalue weighted by molar-refractivity contribution is 6.82. The maximum absolute atomic E-state index is 5.35. The van der Waals surface area contributed by atoms with Crippen molar-refractivity contribution >= 4 is 15.6 Å². The highest BCUT2D eigenvalue weighted by Crippen LogP contribution is 2.38. The molecule has 1 heterocycles. The summed E-state index contributed by atoms with van der Waals surface area (Å²) in [6.45, 7) is 12.9. The van der Waals surface area contributed by atoms with Gasteiger partial charge in [-0.05, 0) is 11.4 Å². The lowest BCUT2D eigenvalue weighted by Gasteiger charge is -2.47. The van der Waals surface area contributed by atoms with Crippen LogP contribution in [-0.4, -0.2) is 33.8 Å². The third-order valence-corrected chi connectivity index (χ3v) is 9.26. The third kappa shape index (κ3) is 2.67. The van der Waals surface area contributed by atoms with Gasteiger partial charge in [0.05, 0.1) is 7.11 Å². The van der Waals surface area contributed by atoms with E-state index >= 15 is 0 Å². The van der Waals surface area contributed by atoms with Gasteiger partial charge in [0.2, 0.25) is 7.41 Å². The predicted octanol–water partition coefficient (Wildman–Crippen LogP) is 2.88. The van der Waals surface area contributed by atoms with Crippen LogP contribution in [0, 0.1) is 0 Å². The van der Waals surface area contributed by atoms with Crippen LogP contribution in [0.25, 0.3) is 0 Å². The standard InChI is InChI=1S/C11H23BNOSi/c1-11(2,3)15(5,6)13-9-10(14-4)7-8-12-13/h7H,8-9H2,1-6H3. The van der Waals surface area contributed by atoms with Crippen LogP contribution in [0.15, 0.2) is 11.8 Å². The van der Waals surface area contributed by atoms with E-state index in [1.807, 2.05) is 0 Å². The second-order valence-corrected chi connectivity index (χ2v) is 10.9. The molecule has 0 saturated heterocycles. The molecule has 4 heteroatoms. The van der Waals surface area contributed by atoms with Crippen molar-refractivity contribution in [3.8, 4) is 0 Å². The molecule has 1 aliphatic rings. The largest absolute Gasteiger partial charge is 0.500 e. The number of hydrogen-bond donors (Lipinski definition) is 0. The number of allylic oxidation sites excluding steroid dienone is 1. The Morgan fingerprint density at radius 3 is 2.47 bits per heavy atom. The monoisotopic (exact) mass is 224 g/mol. The Kier molecular flexibility index (Phi) is 3.72. The van der Waals surface area contributed by atoms with Crippen LogP contribution in [0.3, 0.4) is 0 Å². The van der Waals surface area contributed by atoms with Crippen LogP contribution in [0.1, 0.15) is 20.8 Å². The summed E-state index contributed by atoms with van der Waals surface area (Å²) in [5.41, 5.74) is 0. The summed E-state index contributed by atoms with van der Waals surface area (Å²) in [5.74, 6) is 1.11. The summed E-state index contributed by atoms with van der Waals surface area (Å²) in [7, 11) is 2.69. The summed E-state index contributed by atoms with van der Waals surface area (Å²) < 4.78 is 7.88. The fraction of sp³-hybridized carbons (Fsp3) is 0.818. The third-order valence-electron chi connectivity index (χ3n) is 3.81. The number of rotatable bonds is 2. The summed E-state index contributed by atoms with van der Waals surface area (Å²) in [6.07, 6.45) is 3.18. The van der Waals surface area contributed by atoms with Gasteiger partial charge in [0.15, 0.2) is 0 Å². The first-order valence-corrected chi connectivity index (χ1v) is 8.57. The first kappa shape index (κ1) is 12.8. The van der Waals surface area contributed by atoms with E-state index in [1.165, 1.54) is 0 Å². The average Bonchev–Trinajstić information content (AvgIpc) is 2.16. The number of methoxy groups -OCH3 is 1. The minimum atomic E-state index is -1.41. The zero-order chi connectivity index (χ0) is 11.7. The molecule has 85 valence electrons. The van der Waals surface area contributed by atoms with Gasteiger partial charge in [-0.15, -0.1) is 0 Å². The predicted molar refractivity (Wildman–Crippen MR) is 69.6 cm³/mol. The van der Waals surface area contributed by atoms with Crippen molar-refractivity contribution in [2.24, 2.45) is 0 Å². The summed E-state index contributed by atoms with van der Waals surface area (Å²) >= 11 is 0. The maximum Gasteiger partial charge on any atom is 0.205 e. The van der Waals surface area contributed by atoms with Crippen LogP contribution in [0.5, 0.6) is 0 Å². The van der Waals surface area contributed by atoms with Gasteiger partial charge in [-0.25, -0.2) is 0 Å². The molecular formula is C11H23BNOSi. The molecular weight excluding hydrogens is 201 g/mol. The number of hydrogen-bond acceptors (Lipinski definition) is 2. The molecule has 0 aromatic carbocycles. The average molecular weight is 224 g/mol. The zero-order valence-electron chi connectivity index (χ0n) is 10.9. The van der Waals surface area contributed by atoms with Crippen LogP contribution in [-0.2, 0) is 4.74 Å². The van der Waals surface area contributed by atoms with E-state index in [2.05, 4.69) is 51.8 Å². The Labute approximate surface area is 96.0 Å². The van der Waals surface area contributed by atoms with Gasteiger partial charge in [0.1, 0.15) is 14.0 Å². The Morgan fingerprint density at radius 1 is 1.40 bits per heavy atom. The molecule has 0 aromatic heterocycles. The van der Waals surface area contributed by atoms with Gasteiger partial charge in [0, 0.05) is 6.54 Å². The molecule has 0 N–H and O–H groups in total. The lowest BCUT2D eigenvalue weighted by molar-refractivity contribution is 0.268. The molecule has 0 spiro atoms. The van der Waals surface area contributed by atoms with E-state index in [4.69, 9.17) is 4.74 Å². The van der Waals surface area contributed by atoms with E-state index in [0.29, 0.717) is 5.04 Å². The lowest BCUT2D eigenvalue weighted by Crippen LogP contribution is -2.57. The minimum Gasteiger partial charge on any atom is -0.500 e. The quantitative estimate of drug-likeness (QED) is 0.669. The highest BCUT2D eigenvalue weighted by Gasteiger charge is 2.41. The molecule has 2 nitrogen and oxygen atoms in total. The van der Waals surface area contributed by atoms with Crippen molar-refractivity contribution in [1.82, 2.24) is 4.48 Å². The minimum absolute atomic E-state index is 0.389. The molecule has 0 amide bonds. The normalized spacial score (nSPS) is 19.5. The van der Waals surface area contributed by atoms with E-state index in [0.717, 1.165) is 18.6 Å². The maximum atomic E-state index is 5.35. The van der Waals surface area contributed by atoms with Gasteiger partial charge in [-0.2, -0.15) is 0 Å². The molecule has 1 aliphatic heterocycles. The van der Waals surface area contributed by atoms with Gasteiger partial charge in [0.25, 0.3) is 0 Å². The summed E-state index contributed by atoms with van der Waals surface area (Å²) in [5, 5.41) is 0.389. The fourth-order valence-electron chi connectivity index (χ4n) is 1.61. The molecule has 1 rings (SSSR count). The Morgan fingerprint density at radius 2 is 2.00 bits per heavy atom. The molecule has 0 aliphatic carbocycles. The second kappa shape index (κ2) is 4.34. The molecule has 0 aromatic rings. The number of nitrogens with zero attached hydrogens (tertiary/aromatic N) is 1. The Balaban J connectivity index is 2.78. The Hall–Kier alpha value is -0.218. The van der Waals surface area contributed by atoms with E-state index < -0.39 is 8.24 Å². The smallest absolute Gasteiger partial charge is 0.205 e. The highest BCUT2D eigenvalue weighted by atomic mass is 28.3. The van der Waals surface area contributed by atoms with Crippen LogP contribution in [0.2, 0.25) is 24.5 Å². The zero-order valence-corrected chi connectivity index (χ0v) is 11.9. The molecule has 0 fully saturated rings. The van der Waals surface area contributed by atoms with Crippen molar-refractivity contribution in [3.05, 3.63) is 11.8 Å². The van der Waals surface area contributed by atoms with E-state index in [-0.39, 0.29) is 0 Å². The van der Waals surface area contributed by atoms with Crippen LogP contribution >= 0.6 is 0 Å². The first-order valence-electron chi connectivity index (χ1n) is 5.62. The molecule has 0 atom stereocenters. The molecule has 15 heavy (non-hydrogen) atoms. The molecule has 0 saturated carbocycles. The van der Waals surface area contributed by atoms with Crippen LogP contribution in [0.4, 0.5) is 0 Å². The number of ether oxygens (including phenoxy) is 1. The topological polar surface area (TPSA) is 12.5 Å². The van der Waals surface area contributed by atoms with Crippen molar-refractivity contribution < 1.29 is 4.74 Å². The molecule has 1 radical (unpaired) electrons. The Bertz CT molecular complexity index is 258. The molecule has 0 unspecified atom stereocenters. The summed E-state index contributed by atoms with van der Waals surface area (Å²) in [4.78, 5) is 0. The second-order valence-electron chi connectivity index (χ2n) is 5.73. The fourth-order valence-corrected chi connectivity index (χ4v) is 3.59.